The highest BCUT2D eigenvalue weighted by molar-refractivity contribution is 9.10. The maximum atomic E-state index is 5.99. The number of ether oxygens (including phenoxy) is 1. The summed E-state index contributed by atoms with van der Waals surface area (Å²) in [5.41, 5.74) is 9.50. The first kappa shape index (κ1) is 15.5. The SMILES string of the molecule is Cc1cc(CC(C)N)cc(C)c1OCc1cc(Br)cs1. The zero-order valence-electron chi connectivity index (χ0n) is 12.1. The van der Waals surface area contributed by atoms with Crippen LogP contribution >= 0.6 is 27.3 Å². The van der Waals surface area contributed by atoms with Gasteiger partial charge in [-0.1, -0.05) is 12.1 Å². The van der Waals surface area contributed by atoms with Gasteiger partial charge in [0.15, 0.2) is 0 Å². The van der Waals surface area contributed by atoms with E-state index >= 15 is 0 Å². The van der Waals surface area contributed by atoms with Crippen molar-refractivity contribution in [2.45, 2.75) is 39.8 Å². The Labute approximate surface area is 133 Å². The summed E-state index contributed by atoms with van der Waals surface area (Å²) in [7, 11) is 0. The van der Waals surface area contributed by atoms with Crippen molar-refractivity contribution >= 4 is 27.3 Å². The summed E-state index contributed by atoms with van der Waals surface area (Å²) in [5.74, 6) is 0.989. The minimum absolute atomic E-state index is 0.184. The molecule has 0 saturated heterocycles. The van der Waals surface area contributed by atoms with Crippen molar-refractivity contribution in [3.05, 3.63) is 49.6 Å². The predicted octanol–water partition coefficient (Wildman–Crippen LogP) is 4.60. The largest absolute Gasteiger partial charge is 0.488 e. The van der Waals surface area contributed by atoms with Gasteiger partial charge in [-0.15, -0.1) is 11.3 Å². The quantitative estimate of drug-likeness (QED) is 0.852. The van der Waals surface area contributed by atoms with E-state index in [0.29, 0.717) is 6.61 Å². The van der Waals surface area contributed by atoms with Crippen LogP contribution in [0.25, 0.3) is 0 Å². The van der Waals surface area contributed by atoms with Gasteiger partial charge >= 0.3 is 0 Å². The Morgan fingerprint density at radius 2 is 1.90 bits per heavy atom. The van der Waals surface area contributed by atoms with E-state index in [-0.39, 0.29) is 6.04 Å². The van der Waals surface area contributed by atoms with E-state index in [0.717, 1.165) is 16.6 Å². The van der Waals surface area contributed by atoms with Gasteiger partial charge in [0.05, 0.1) is 0 Å². The molecule has 1 atom stereocenters. The lowest BCUT2D eigenvalue weighted by molar-refractivity contribution is 0.305. The molecule has 4 heteroatoms. The highest BCUT2D eigenvalue weighted by atomic mass is 79.9. The molecule has 0 aliphatic rings. The second kappa shape index (κ2) is 6.74. The third-order valence-corrected chi connectivity index (χ3v) is 4.73. The van der Waals surface area contributed by atoms with E-state index in [9.17, 15) is 0 Å². The fraction of sp³-hybridized carbons (Fsp3) is 0.375. The molecule has 0 aliphatic carbocycles. The Bertz CT molecular complexity index is 569. The van der Waals surface area contributed by atoms with Crippen LogP contribution in [0, 0.1) is 13.8 Å². The van der Waals surface area contributed by atoms with Gasteiger partial charge in [0.2, 0.25) is 0 Å². The predicted molar refractivity (Wildman–Crippen MR) is 89.6 cm³/mol. The highest BCUT2D eigenvalue weighted by Crippen LogP contribution is 2.28. The number of thiophene rings is 1. The minimum atomic E-state index is 0.184. The number of halogens is 1. The van der Waals surface area contributed by atoms with E-state index < -0.39 is 0 Å². The van der Waals surface area contributed by atoms with Gasteiger partial charge in [0.25, 0.3) is 0 Å². The monoisotopic (exact) mass is 353 g/mol. The first-order valence-electron chi connectivity index (χ1n) is 6.67. The molecule has 0 spiro atoms. The van der Waals surface area contributed by atoms with Crippen LogP contribution in [-0.4, -0.2) is 6.04 Å². The summed E-state index contributed by atoms with van der Waals surface area (Å²) in [6, 6.07) is 6.63. The van der Waals surface area contributed by atoms with Crippen molar-refractivity contribution in [2.75, 3.05) is 0 Å². The van der Waals surface area contributed by atoms with Crippen molar-refractivity contribution in [1.29, 1.82) is 0 Å². The van der Waals surface area contributed by atoms with E-state index in [4.69, 9.17) is 10.5 Å². The highest BCUT2D eigenvalue weighted by Gasteiger charge is 2.09. The van der Waals surface area contributed by atoms with Crippen LogP contribution in [0.4, 0.5) is 0 Å². The molecule has 1 aromatic heterocycles. The average Bonchev–Trinajstić information content (AvgIpc) is 2.73. The van der Waals surface area contributed by atoms with Crippen LogP contribution < -0.4 is 10.5 Å². The van der Waals surface area contributed by atoms with Crippen LogP contribution in [0.2, 0.25) is 0 Å². The van der Waals surface area contributed by atoms with Crippen LogP contribution in [0.3, 0.4) is 0 Å². The number of benzene rings is 1. The summed E-state index contributed by atoms with van der Waals surface area (Å²) in [5, 5.41) is 2.07. The Kier molecular flexibility index (Phi) is 5.24. The zero-order chi connectivity index (χ0) is 14.7. The number of rotatable bonds is 5. The van der Waals surface area contributed by atoms with Gasteiger partial charge in [-0.2, -0.15) is 0 Å². The van der Waals surface area contributed by atoms with Crippen LogP contribution in [-0.2, 0) is 13.0 Å². The second-order valence-corrected chi connectivity index (χ2v) is 7.17. The molecule has 2 nitrogen and oxygen atoms in total. The Morgan fingerprint density at radius 1 is 1.25 bits per heavy atom. The standard InChI is InChI=1S/C16H20BrNOS/c1-10-4-13(6-12(3)18)5-11(2)16(10)19-8-15-7-14(17)9-20-15/h4-5,7,9,12H,6,8,18H2,1-3H3. The lowest BCUT2D eigenvalue weighted by Gasteiger charge is -2.14. The first-order valence-corrected chi connectivity index (χ1v) is 8.34. The smallest absolute Gasteiger partial charge is 0.125 e. The zero-order valence-corrected chi connectivity index (χ0v) is 14.5. The molecule has 108 valence electrons. The maximum absolute atomic E-state index is 5.99. The van der Waals surface area contributed by atoms with Crippen molar-refractivity contribution in [2.24, 2.45) is 5.73 Å². The fourth-order valence-corrected chi connectivity index (χ4v) is 3.69. The minimum Gasteiger partial charge on any atom is -0.488 e. The van der Waals surface area contributed by atoms with Crippen LogP contribution in [0.1, 0.15) is 28.5 Å². The van der Waals surface area contributed by atoms with Gasteiger partial charge in [0.1, 0.15) is 12.4 Å². The molecule has 20 heavy (non-hydrogen) atoms. The first-order chi connectivity index (χ1) is 9.45. The summed E-state index contributed by atoms with van der Waals surface area (Å²) in [4.78, 5) is 1.22. The molecular weight excluding hydrogens is 334 g/mol. The van der Waals surface area contributed by atoms with Crippen LogP contribution in [0.5, 0.6) is 5.75 Å². The Balaban J connectivity index is 2.11. The molecule has 2 rings (SSSR count). The number of nitrogens with two attached hydrogens (primary N) is 1. The second-order valence-electron chi connectivity index (χ2n) is 5.26. The van der Waals surface area contributed by atoms with E-state index in [1.54, 1.807) is 11.3 Å². The topological polar surface area (TPSA) is 35.2 Å². The molecule has 1 heterocycles. The summed E-state index contributed by atoms with van der Waals surface area (Å²) >= 11 is 5.17. The summed E-state index contributed by atoms with van der Waals surface area (Å²) in [6.45, 7) is 6.84. The van der Waals surface area contributed by atoms with Crippen molar-refractivity contribution < 1.29 is 4.74 Å². The third-order valence-electron chi connectivity index (χ3n) is 3.06. The van der Waals surface area contributed by atoms with Crippen molar-refractivity contribution in [3.8, 4) is 5.75 Å². The molecule has 2 N–H and O–H groups in total. The van der Waals surface area contributed by atoms with Crippen LogP contribution in [0.15, 0.2) is 28.1 Å². The van der Waals surface area contributed by atoms with E-state index in [1.165, 1.54) is 21.6 Å². The third kappa shape index (κ3) is 4.08. The normalized spacial score (nSPS) is 12.4. The molecule has 0 bridgehead atoms. The molecule has 0 aliphatic heterocycles. The van der Waals surface area contributed by atoms with Crippen molar-refractivity contribution in [3.63, 3.8) is 0 Å². The van der Waals surface area contributed by atoms with Gasteiger partial charge in [-0.3, -0.25) is 0 Å². The average molecular weight is 354 g/mol. The van der Waals surface area contributed by atoms with Gasteiger partial charge < -0.3 is 10.5 Å². The molecule has 0 fully saturated rings. The molecular formula is C16H20BrNOS. The van der Waals surface area contributed by atoms with Crippen molar-refractivity contribution in [1.82, 2.24) is 0 Å². The summed E-state index contributed by atoms with van der Waals surface area (Å²) in [6.07, 6.45) is 0.903. The molecule has 1 unspecified atom stereocenters. The molecule has 0 amide bonds. The van der Waals surface area contributed by atoms with Gasteiger partial charge in [-0.05, 0) is 65.9 Å². The molecule has 2 aromatic rings. The maximum Gasteiger partial charge on any atom is 0.125 e. The molecule has 0 saturated carbocycles. The molecule has 0 radical (unpaired) electrons. The number of aryl methyl sites for hydroxylation is 2. The Hall–Kier alpha value is -0.840. The number of hydrogen-bond acceptors (Lipinski definition) is 3. The van der Waals surface area contributed by atoms with Gasteiger partial charge in [0, 0.05) is 20.8 Å². The fourth-order valence-electron chi connectivity index (χ4n) is 2.33. The van der Waals surface area contributed by atoms with E-state index in [1.807, 2.05) is 6.92 Å². The van der Waals surface area contributed by atoms with E-state index in [2.05, 4.69) is 53.4 Å². The summed E-state index contributed by atoms with van der Waals surface area (Å²) < 4.78 is 7.10. The number of hydrogen-bond donors (Lipinski definition) is 1. The molecule has 1 aromatic carbocycles. The Morgan fingerprint density at radius 3 is 2.40 bits per heavy atom. The van der Waals surface area contributed by atoms with Gasteiger partial charge in [-0.25, -0.2) is 0 Å². The lowest BCUT2D eigenvalue weighted by Crippen LogP contribution is -2.18. The lowest BCUT2D eigenvalue weighted by atomic mass is 10.0.